The van der Waals surface area contributed by atoms with Crippen molar-refractivity contribution in [2.45, 2.75) is 110 Å². The molecule has 206 valence electrons. The van der Waals surface area contributed by atoms with Crippen LogP contribution in [0.25, 0.3) is 6.08 Å². The van der Waals surface area contributed by atoms with Gasteiger partial charge < -0.3 is 27.0 Å². The molecule has 0 aliphatic carbocycles. The predicted octanol–water partition coefficient (Wildman–Crippen LogP) is 4.78. The molecule has 1 aliphatic heterocycles. The van der Waals surface area contributed by atoms with Gasteiger partial charge in [0.15, 0.2) is 19.7 Å². The van der Waals surface area contributed by atoms with Crippen molar-refractivity contribution in [2.24, 2.45) is 0 Å². The first kappa shape index (κ1) is 32.5. The van der Waals surface area contributed by atoms with Gasteiger partial charge in [0, 0.05) is 0 Å². The van der Waals surface area contributed by atoms with Crippen LogP contribution in [0.4, 0.5) is 0 Å². The van der Waals surface area contributed by atoms with Crippen molar-refractivity contribution in [3.63, 3.8) is 0 Å². The van der Waals surface area contributed by atoms with Crippen molar-refractivity contribution in [3.8, 4) is 5.75 Å². The minimum Gasteiger partial charge on any atom is -1.00 e. The molecule has 0 saturated carbocycles. The van der Waals surface area contributed by atoms with E-state index in [1.165, 1.54) is 96.3 Å². The zero-order valence-corrected chi connectivity index (χ0v) is 23.7. The second kappa shape index (κ2) is 22.7. The van der Waals surface area contributed by atoms with Gasteiger partial charge in [0.1, 0.15) is 12.4 Å². The first-order valence-corrected chi connectivity index (χ1v) is 14.6. The van der Waals surface area contributed by atoms with Crippen molar-refractivity contribution in [3.05, 3.63) is 35.9 Å². The van der Waals surface area contributed by atoms with Crippen molar-refractivity contribution in [2.75, 3.05) is 32.9 Å². The quantitative estimate of drug-likeness (QED) is 0.176. The summed E-state index contributed by atoms with van der Waals surface area (Å²) in [6.45, 7) is 5.38. The van der Waals surface area contributed by atoms with E-state index in [9.17, 15) is 0 Å². The smallest absolute Gasteiger partial charge is 0.362 e. The average Bonchev–Trinajstić information content (AvgIpc) is 3.32. The van der Waals surface area contributed by atoms with Crippen LogP contribution < -0.4 is 17.1 Å². The molecule has 0 saturated heterocycles. The number of halogens is 1. The van der Waals surface area contributed by atoms with Gasteiger partial charge in [-0.25, -0.2) is 0 Å². The minimum atomic E-state index is 0. The van der Waals surface area contributed by atoms with Gasteiger partial charge in [-0.1, -0.05) is 115 Å². The van der Waals surface area contributed by atoms with E-state index in [2.05, 4.69) is 23.6 Å². The molecule has 0 amide bonds. The van der Waals surface area contributed by atoms with E-state index < -0.39 is 0 Å². The second-order valence-corrected chi connectivity index (χ2v) is 9.95. The number of ether oxygens (including phenoxy) is 2. The summed E-state index contributed by atoms with van der Waals surface area (Å²) in [5.74, 6) is 1.78. The Bertz CT molecular complexity index is 702. The Morgan fingerprint density at radius 3 is 1.83 bits per heavy atom. The molecule has 36 heavy (non-hydrogen) atoms. The SMILES string of the molecule is CCCCCCCCCCCCCCCCCCOc1ccc(/C=C/C2=[N+](CCO)CCO2)cc1.[Cl-]. The highest BCUT2D eigenvalue weighted by molar-refractivity contribution is 5.88. The minimum absolute atomic E-state index is 0. The number of aliphatic hydroxyl groups is 1. The van der Waals surface area contributed by atoms with E-state index >= 15 is 0 Å². The van der Waals surface area contributed by atoms with E-state index in [0.29, 0.717) is 13.2 Å². The van der Waals surface area contributed by atoms with Gasteiger partial charge in [-0.3, -0.25) is 0 Å². The van der Waals surface area contributed by atoms with E-state index in [1.54, 1.807) is 0 Å². The van der Waals surface area contributed by atoms with Gasteiger partial charge >= 0.3 is 5.90 Å². The van der Waals surface area contributed by atoms with Crippen molar-refractivity contribution < 1.29 is 31.6 Å². The maximum atomic E-state index is 9.13. The van der Waals surface area contributed by atoms with Gasteiger partial charge in [0.05, 0.1) is 12.7 Å². The molecule has 0 spiro atoms. The van der Waals surface area contributed by atoms with Crippen LogP contribution in [0.15, 0.2) is 30.3 Å². The summed E-state index contributed by atoms with van der Waals surface area (Å²) in [5, 5.41) is 9.13. The Morgan fingerprint density at radius 1 is 0.778 bits per heavy atom. The number of rotatable bonds is 22. The molecule has 0 aromatic heterocycles. The fourth-order valence-electron chi connectivity index (χ4n) is 4.64. The highest BCUT2D eigenvalue weighted by Crippen LogP contribution is 2.16. The van der Waals surface area contributed by atoms with Crippen LogP contribution in [0.1, 0.15) is 115 Å². The topological polar surface area (TPSA) is 41.7 Å². The summed E-state index contributed by atoms with van der Waals surface area (Å²) in [6.07, 6.45) is 26.3. The predicted molar refractivity (Wildman–Crippen MR) is 149 cm³/mol. The summed E-state index contributed by atoms with van der Waals surface area (Å²) in [6, 6.07) is 8.23. The lowest BCUT2D eigenvalue weighted by Crippen LogP contribution is -3.00. The highest BCUT2D eigenvalue weighted by atomic mass is 35.5. The Morgan fingerprint density at radius 2 is 1.31 bits per heavy atom. The van der Waals surface area contributed by atoms with Crippen LogP contribution >= 0.6 is 0 Å². The Kier molecular flexibility index (Phi) is 20.5. The molecule has 0 bridgehead atoms. The van der Waals surface area contributed by atoms with Crippen LogP contribution in [0.3, 0.4) is 0 Å². The molecule has 4 nitrogen and oxygen atoms in total. The van der Waals surface area contributed by atoms with E-state index in [0.717, 1.165) is 36.8 Å². The van der Waals surface area contributed by atoms with Gasteiger partial charge in [0.25, 0.3) is 0 Å². The van der Waals surface area contributed by atoms with Crippen molar-refractivity contribution in [1.29, 1.82) is 0 Å². The number of hydrogen-bond donors (Lipinski definition) is 1. The zero-order valence-electron chi connectivity index (χ0n) is 22.9. The normalized spacial score (nSPS) is 13.3. The summed E-state index contributed by atoms with van der Waals surface area (Å²) in [5.41, 5.74) is 1.12. The summed E-state index contributed by atoms with van der Waals surface area (Å²) in [7, 11) is 0. The lowest BCUT2D eigenvalue weighted by molar-refractivity contribution is -0.519. The number of hydrogen-bond acceptors (Lipinski definition) is 3. The lowest BCUT2D eigenvalue weighted by atomic mass is 10.0. The van der Waals surface area contributed by atoms with E-state index in [1.807, 2.05) is 24.3 Å². The molecule has 1 aliphatic rings. The van der Waals surface area contributed by atoms with Crippen LogP contribution in [-0.2, 0) is 4.74 Å². The summed E-state index contributed by atoms with van der Waals surface area (Å²) >= 11 is 0. The molecule has 0 atom stereocenters. The molecular weight excluding hydrogens is 470 g/mol. The number of aliphatic hydroxyl groups excluding tert-OH is 1. The number of unbranched alkanes of at least 4 members (excludes halogenated alkanes) is 15. The fourth-order valence-corrected chi connectivity index (χ4v) is 4.64. The average molecular weight is 522 g/mol. The molecule has 1 aromatic carbocycles. The first-order valence-electron chi connectivity index (χ1n) is 14.6. The second-order valence-electron chi connectivity index (χ2n) is 9.95. The molecule has 0 unspecified atom stereocenters. The van der Waals surface area contributed by atoms with Crippen molar-refractivity contribution >= 4 is 12.0 Å². The van der Waals surface area contributed by atoms with Gasteiger partial charge in [-0.15, -0.1) is 0 Å². The van der Waals surface area contributed by atoms with E-state index in [-0.39, 0.29) is 19.0 Å². The third-order valence-corrected chi connectivity index (χ3v) is 6.86. The fraction of sp³-hybridized carbons (Fsp3) is 0.710. The Labute approximate surface area is 227 Å². The van der Waals surface area contributed by atoms with Crippen LogP contribution in [0.5, 0.6) is 5.75 Å². The van der Waals surface area contributed by atoms with Crippen molar-refractivity contribution in [1.82, 2.24) is 0 Å². The summed E-state index contributed by atoms with van der Waals surface area (Å²) < 4.78 is 13.6. The van der Waals surface area contributed by atoms with E-state index in [4.69, 9.17) is 14.6 Å². The molecule has 0 radical (unpaired) electrons. The molecule has 5 heteroatoms. The number of benzene rings is 1. The van der Waals surface area contributed by atoms with Gasteiger partial charge in [0.2, 0.25) is 0 Å². The maximum absolute atomic E-state index is 9.13. The first-order chi connectivity index (χ1) is 17.3. The van der Waals surface area contributed by atoms with Crippen LogP contribution in [0.2, 0.25) is 0 Å². The van der Waals surface area contributed by atoms with Crippen LogP contribution in [-0.4, -0.2) is 48.5 Å². The van der Waals surface area contributed by atoms with Gasteiger partial charge in [-0.2, -0.15) is 4.58 Å². The summed E-state index contributed by atoms with van der Waals surface area (Å²) in [4.78, 5) is 0. The molecule has 1 heterocycles. The third-order valence-electron chi connectivity index (χ3n) is 6.86. The number of β-amino-alcohol motifs (C(OH)–C–C–N with tert-alkyl or cyclic N) is 1. The highest BCUT2D eigenvalue weighted by Gasteiger charge is 2.20. The Balaban J connectivity index is 0.00000648. The molecule has 1 N–H and O–H groups in total. The molecule has 2 rings (SSSR count). The van der Waals surface area contributed by atoms with Crippen LogP contribution in [0, 0.1) is 0 Å². The lowest BCUT2D eigenvalue weighted by Gasteiger charge is -2.06. The zero-order chi connectivity index (χ0) is 24.8. The largest absolute Gasteiger partial charge is 1.00 e. The Hall–Kier alpha value is -1.52. The molecule has 1 aromatic rings. The molecular formula is C31H52ClNO3. The van der Waals surface area contributed by atoms with Gasteiger partial charge in [-0.05, 0) is 30.2 Å². The third kappa shape index (κ3) is 15.6. The molecule has 0 fully saturated rings. The number of nitrogens with zero attached hydrogens (tertiary/aromatic N) is 1. The maximum Gasteiger partial charge on any atom is 0.362 e. The monoisotopic (exact) mass is 521 g/mol. The standard InChI is InChI=1S/C31H52NO3.ClH/c1-2-3-4-5-6-7-8-9-10-11-12-13-14-15-16-17-27-34-30-21-18-29(19-22-30)20-23-31-32(24-26-33)25-28-35-31;/h18-23,33H,2-17,24-28H2,1H3;1H/q+1;/p-1/b23-20+;.